The smallest absolute Gasteiger partial charge is 0.410 e. The summed E-state index contributed by atoms with van der Waals surface area (Å²) < 4.78 is 5.51. The molecule has 1 atom stereocenters. The number of rotatable bonds is 3. The van der Waals surface area contributed by atoms with Gasteiger partial charge in [-0.2, -0.15) is 0 Å². The molecular weight excluding hydrogens is 228 g/mol. The average molecular weight is 254 g/mol. The van der Waals surface area contributed by atoms with E-state index >= 15 is 0 Å². The largest absolute Gasteiger partial charge is 0.444 e. The molecule has 1 saturated carbocycles. The van der Waals surface area contributed by atoms with Gasteiger partial charge in [0.25, 0.3) is 0 Å². The maximum atomic E-state index is 12.2. The van der Waals surface area contributed by atoms with Gasteiger partial charge in [0.2, 0.25) is 0 Å². The molecule has 1 aliphatic heterocycles. The fourth-order valence-corrected chi connectivity index (χ4v) is 2.44. The molecule has 0 aromatic carbocycles. The molecule has 0 bridgehead atoms. The summed E-state index contributed by atoms with van der Waals surface area (Å²) in [6.45, 7) is 8.79. The molecule has 104 valence electrons. The van der Waals surface area contributed by atoms with Crippen molar-refractivity contribution in [2.24, 2.45) is 5.92 Å². The SMILES string of the molecule is CC(C)(C)OC(=O)N(C[C@@H]1CCCNC1)C1CC1. The van der Waals surface area contributed by atoms with Gasteiger partial charge in [-0.1, -0.05) is 0 Å². The quantitative estimate of drug-likeness (QED) is 0.841. The average Bonchev–Trinajstić information content (AvgIpc) is 3.08. The van der Waals surface area contributed by atoms with Gasteiger partial charge in [-0.3, -0.25) is 0 Å². The van der Waals surface area contributed by atoms with Crippen molar-refractivity contribution < 1.29 is 9.53 Å². The predicted octanol–water partition coefficient (Wildman–Crippen LogP) is 2.39. The van der Waals surface area contributed by atoms with E-state index < -0.39 is 5.60 Å². The Bertz CT molecular complexity index is 289. The van der Waals surface area contributed by atoms with Crippen molar-refractivity contribution in [1.29, 1.82) is 0 Å². The minimum Gasteiger partial charge on any atom is -0.444 e. The second-order valence-corrected chi connectivity index (χ2v) is 6.58. The highest BCUT2D eigenvalue weighted by Gasteiger charge is 2.36. The van der Waals surface area contributed by atoms with Crippen molar-refractivity contribution in [3.8, 4) is 0 Å². The summed E-state index contributed by atoms with van der Waals surface area (Å²) in [5.41, 5.74) is -0.394. The number of carbonyl (C=O) groups is 1. The zero-order chi connectivity index (χ0) is 13.2. The van der Waals surface area contributed by atoms with E-state index in [0.29, 0.717) is 12.0 Å². The number of hydrogen-bond acceptors (Lipinski definition) is 3. The van der Waals surface area contributed by atoms with E-state index in [4.69, 9.17) is 4.74 Å². The van der Waals surface area contributed by atoms with Gasteiger partial charge in [0, 0.05) is 12.6 Å². The van der Waals surface area contributed by atoms with E-state index in [9.17, 15) is 4.79 Å². The minimum atomic E-state index is -0.394. The first-order valence-electron chi connectivity index (χ1n) is 7.16. The van der Waals surface area contributed by atoms with Crippen molar-refractivity contribution in [2.45, 2.75) is 58.1 Å². The number of nitrogens with zero attached hydrogens (tertiary/aromatic N) is 1. The zero-order valence-corrected chi connectivity index (χ0v) is 11.9. The highest BCUT2D eigenvalue weighted by Crippen LogP contribution is 2.30. The van der Waals surface area contributed by atoms with Crippen LogP contribution in [0, 0.1) is 5.92 Å². The Balaban J connectivity index is 1.88. The molecule has 0 radical (unpaired) electrons. The molecule has 0 aromatic rings. The fourth-order valence-electron chi connectivity index (χ4n) is 2.44. The molecule has 4 heteroatoms. The second-order valence-electron chi connectivity index (χ2n) is 6.58. The van der Waals surface area contributed by atoms with Gasteiger partial charge >= 0.3 is 6.09 Å². The first-order chi connectivity index (χ1) is 8.46. The van der Waals surface area contributed by atoms with Crippen LogP contribution in [-0.4, -0.2) is 42.3 Å². The Morgan fingerprint density at radius 2 is 2.06 bits per heavy atom. The Morgan fingerprint density at radius 1 is 1.33 bits per heavy atom. The second kappa shape index (κ2) is 5.47. The van der Waals surface area contributed by atoms with Crippen molar-refractivity contribution in [3.63, 3.8) is 0 Å². The van der Waals surface area contributed by atoms with E-state index in [2.05, 4.69) is 5.32 Å². The molecule has 1 saturated heterocycles. The van der Waals surface area contributed by atoms with Crippen LogP contribution >= 0.6 is 0 Å². The molecule has 2 fully saturated rings. The Hall–Kier alpha value is -0.770. The maximum Gasteiger partial charge on any atom is 0.410 e. The van der Waals surface area contributed by atoms with Crippen molar-refractivity contribution >= 4 is 6.09 Å². The first-order valence-corrected chi connectivity index (χ1v) is 7.16. The number of piperidine rings is 1. The number of ether oxygens (including phenoxy) is 1. The first kappa shape index (κ1) is 13.7. The van der Waals surface area contributed by atoms with Crippen LogP contribution < -0.4 is 5.32 Å². The summed E-state index contributed by atoms with van der Waals surface area (Å²) >= 11 is 0. The van der Waals surface area contributed by atoms with Gasteiger partial charge in [-0.05, 0) is 65.5 Å². The fraction of sp³-hybridized carbons (Fsp3) is 0.929. The molecule has 1 aliphatic carbocycles. The molecule has 2 rings (SSSR count). The molecule has 1 amide bonds. The van der Waals surface area contributed by atoms with E-state index in [1.54, 1.807) is 0 Å². The van der Waals surface area contributed by atoms with Crippen LogP contribution in [0.5, 0.6) is 0 Å². The monoisotopic (exact) mass is 254 g/mol. The summed E-state index contributed by atoms with van der Waals surface area (Å²) in [5, 5.41) is 3.41. The van der Waals surface area contributed by atoms with Crippen LogP contribution in [0.4, 0.5) is 4.79 Å². The standard InChI is InChI=1S/C14H26N2O2/c1-14(2,3)18-13(17)16(12-6-7-12)10-11-5-4-8-15-9-11/h11-12,15H,4-10H2,1-3H3/t11-/m1/s1. The maximum absolute atomic E-state index is 12.2. The number of amides is 1. The van der Waals surface area contributed by atoms with Gasteiger partial charge in [0.05, 0.1) is 0 Å². The normalized spacial score (nSPS) is 24.7. The summed E-state index contributed by atoms with van der Waals surface area (Å²) in [6.07, 6.45) is 4.59. The molecule has 0 spiro atoms. The van der Waals surface area contributed by atoms with Crippen LogP contribution in [0.15, 0.2) is 0 Å². The zero-order valence-electron chi connectivity index (χ0n) is 11.9. The Morgan fingerprint density at radius 3 is 2.56 bits per heavy atom. The van der Waals surface area contributed by atoms with Crippen molar-refractivity contribution in [3.05, 3.63) is 0 Å². The number of hydrogen-bond donors (Lipinski definition) is 1. The molecule has 1 heterocycles. The Labute approximate surface area is 110 Å². The summed E-state index contributed by atoms with van der Waals surface area (Å²) in [7, 11) is 0. The van der Waals surface area contributed by atoms with E-state index in [-0.39, 0.29) is 6.09 Å². The van der Waals surface area contributed by atoms with E-state index in [1.807, 2.05) is 25.7 Å². The summed E-state index contributed by atoms with van der Waals surface area (Å²) in [5.74, 6) is 0.590. The number of carbonyl (C=O) groups excluding carboxylic acids is 1. The highest BCUT2D eigenvalue weighted by molar-refractivity contribution is 5.69. The van der Waals surface area contributed by atoms with Crippen LogP contribution in [0.2, 0.25) is 0 Å². The third-order valence-electron chi connectivity index (χ3n) is 3.47. The number of nitrogens with one attached hydrogen (secondary N) is 1. The molecule has 18 heavy (non-hydrogen) atoms. The molecule has 0 aromatic heterocycles. The predicted molar refractivity (Wildman–Crippen MR) is 71.6 cm³/mol. The van der Waals surface area contributed by atoms with Crippen LogP contribution in [-0.2, 0) is 4.74 Å². The lowest BCUT2D eigenvalue weighted by molar-refractivity contribution is 0.0195. The van der Waals surface area contributed by atoms with Gasteiger partial charge in [0.1, 0.15) is 5.60 Å². The van der Waals surface area contributed by atoms with Crippen LogP contribution in [0.1, 0.15) is 46.5 Å². The lowest BCUT2D eigenvalue weighted by Crippen LogP contribution is -2.44. The third-order valence-corrected chi connectivity index (χ3v) is 3.47. The lowest BCUT2D eigenvalue weighted by Gasteiger charge is -2.32. The van der Waals surface area contributed by atoms with Gasteiger partial charge in [-0.25, -0.2) is 4.79 Å². The van der Waals surface area contributed by atoms with Crippen molar-refractivity contribution in [1.82, 2.24) is 10.2 Å². The molecule has 2 aliphatic rings. The topological polar surface area (TPSA) is 41.6 Å². The van der Waals surface area contributed by atoms with Gasteiger partial charge < -0.3 is 15.0 Å². The minimum absolute atomic E-state index is 0.129. The molecule has 0 unspecified atom stereocenters. The van der Waals surface area contributed by atoms with E-state index in [0.717, 1.165) is 32.5 Å². The van der Waals surface area contributed by atoms with Crippen molar-refractivity contribution in [2.75, 3.05) is 19.6 Å². The van der Waals surface area contributed by atoms with Crippen LogP contribution in [0.25, 0.3) is 0 Å². The lowest BCUT2D eigenvalue weighted by atomic mass is 9.99. The van der Waals surface area contributed by atoms with Gasteiger partial charge in [0.15, 0.2) is 0 Å². The molecule has 1 N–H and O–H groups in total. The summed E-state index contributed by atoms with van der Waals surface area (Å²) in [6, 6.07) is 0.432. The van der Waals surface area contributed by atoms with Gasteiger partial charge in [-0.15, -0.1) is 0 Å². The van der Waals surface area contributed by atoms with Crippen LogP contribution in [0.3, 0.4) is 0 Å². The molecule has 4 nitrogen and oxygen atoms in total. The Kier molecular flexibility index (Phi) is 4.15. The highest BCUT2D eigenvalue weighted by atomic mass is 16.6. The molecular formula is C14H26N2O2. The third kappa shape index (κ3) is 4.16. The summed E-state index contributed by atoms with van der Waals surface area (Å²) in [4.78, 5) is 14.2. The van der Waals surface area contributed by atoms with E-state index in [1.165, 1.54) is 12.8 Å².